The van der Waals surface area contributed by atoms with Gasteiger partial charge in [-0.25, -0.2) is 16.8 Å². The number of alkyl halides is 1. The Balaban J connectivity index is 3.51. The van der Waals surface area contributed by atoms with E-state index in [1.54, 1.807) is 6.07 Å². The van der Waals surface area contributed by atoms with Gasteiger partial charge in [0.25, 0.3) is 0 Å². The minimum atomic E-state index is -3.52. The Morgan fingerprint density at radius 1 is 1.05 bits per heavy atom. The van der Waals surface area contributed by atoms with Gasteiger partial charge in [0.2, 0.25) is 0 Å². The number of rotatable bonds is 7. The van der Waals surface area contributed by atoms with Crippen LogP contribution >= 0.6 is 15.9 Å². The fourth-order valence-corrected chi connectivity index (χ4v) is 4.08. The first-order chi connectivity index (χ1) is 9.61. The number of benzene rings is 1. The maximum Gasteiger partial charge on any atom is 0.177 e. The lowest BCUT2D eigenvalue weighted by molar-refractivity contribution is 0.599. The van der Waals surface area contributed by atoms with E-state index in [2.05, 4.69) is 15.9 Å². The van der Waals surface area contributed by atoms with Crippen molar-refractivity contribution in [1.29, 1.82) is 0 Å². The second-order valence-corrected chi connectivity index (χ2v) is 9.64. The van der Waals surface area contributed by atoms with Gasteiger partial charge >= 0.3 is 0 Å². The Kier molecular flexibility index (Phi) is 6.24. The predicted molar refractivity (Wildman–Crippen MR) is 89.0 cm³/mol. The molecular formula is C13H20BrNO4S2. The minimum absolute atomic E-state index is 0.0157. The zero-order chi connectivity index (χ0) is 16.3. The van der Waals surface area contributed by atoms with E-state index in [0.717, 1.165) is 18.9 Å². The molecule has 0 aromatic heterocycles. The fourth-order valence-electron chi connectivity index (χ4n) is 2.01. The highest BCUT2D eigenvalue weighted by atomic mass is 79.9. The molecule has 0 atom stereocenters. The molecule has 0 amide bonds. The summed E-state index contributed by atoms with van der Waals surface area (Å²) < 4.78 is 47.3. The van der Waals surface area contributed by atoms with Crippen molar-refractivity contribution in [3.8, 4) is 0 Å². The lowest BCUT2D eigenvalue weighted by atomic mass is 10.2. The quantitative estimate of drug-likeness (QED) is 0.658. The molecule has 0 saturated heterocycles. The summed E-state index contributed by atoms with van der Waals surface area (Å²) in [7, 11) is -6.96. The van der Waals surface area contributed by atoms with Gasteiger partial charge in [-0.2, -0.15) is 0 Å². The van der Waals surface area contributed by atoms with Crippen molar-refractivity contribution in [1.82, 2.24) is 0 Å². The van der Waals surface area contributed by atoms with Crippen LogP contribution in [0, 0.1) is 0 Å². The average molecular weight is 398 g/mol. The Morgan fingerprint density at radius 2 is 1.67 bits per heavy atom. The van der Waals surface area contributed by atoms with E-state index < -0.39 is 19.7 Å². The molecule has 0 heterocycles. The number of hydrogen-bond donors (Lipinski definition) is 0. The monoisotopic (exact) mass is 397 g/mol. The molecule has 1 aromatic rings. The SMILES string of the molecule is CCCN(CCBr)c1ccc(S(C)(=O)=O)cc1S(C)(=O)=O. The van der Waals surface area contributed by atoms with E-state index in [1.807, 2.05) is 11.8 Å². The van der Waals surface area contributed by atoms with Crippen molar-refractivity contribution in [2.24, 2.45) is 0 Å². The fraction of sp³-hybridized carbons (Fsp3) is 0.538. The Labute approximate surface area is 135 Å². The van der Waals surface area contributed by atoms with Gasteiger partial charge in [0.15, 0.2) is 19.7 Å². The third kappa shape index (κ3) is 4.96. The number of sulfone groups is 2. The standard InChI is InChI=1S/C13H20BrNO4S2/c1-4-8-15(9-7-14)12-6-5-11(20(2,16)17)10-13(12)21(3,18)19/h5-6,10H,4,7-9H2,1-3H3. The van der Waals surface area contributed by atoms with Crippen LogP contribution in [-0.4, -0.2) is 47.8 Å². The van der Waals surface area contributed by atoms with Crippen LogP contribution in [-0.2, 0) is 19.7 Å². The molecule has 1 aromatic carbocycles. The third-order valence-electron chi connectivity index (χ3n) is 2.95. The molecule has 0 spiro atoms. The normalized spacial score (nSPS) is 12.4. The molecule has 0 unspecified atom stereocenters. The molecule has 0 radical (unpaired) electrons. The highest BCUT2D eigenvalue weighted by molar-refractivity contribution is 9.09. The topological polar surface area (TPSA) is 71.5 Å². The van der Waals surface area contributed by atoms with Crippen molar-refractivity contribution < 1.29 is 16.8 Å². The first-order valence-electron chi connectivity index (χ1n) is 6.46. The summed E-state index contributed by atoms with van der Waals surface area (Å²) in [6.07, 6.45) is 3.02. The van der Waals surface area contributed by atoms with Gasteiger partial charge in [0, 0.05) is 30.9 Å². The average Bonchev–Trinajstić information content (AvgIpc) is 2.35. The second kappa shape index (κ2) is 7.11. The van der Waals surface area contributed by atoms with E-state index >= 15 is 0 Å². The Hall–Kier alpha value is -0.600. The molecule has 1 rings (SSSR count). The van der Waals surface area contributed by atoms with Crippen LogP contribution in [0.5, 0.6) is 0 Å². The van der Waals surface area contributed by atoms with E-state index in [1.165, 1.54) is 12.1 Å². The van der Waals surface area contributed by atoms with Crippen LogP contribution in [0.2, 0.25) is 0 Å². The molecule has 0 fully saturated rings. The largest absolute Gasteiger partial charge is 0.370 e. The first-order valence-corrected chi connectivity index (χ1v) is 11.4. The van der Waals surface area contributed by atoms with E-state index in [0.29, 0.717) is 24.1 Å². The van der Waals surface area contributed by atoms with Crippen LogP contribution in [0.1, 0.15) is 13.3 Å². The van der Waals surface area contributed by atoms with Crippen LogP contribution < -0.4 is 4.90 Å². The minimum Gasteiger partial charge on any atom is -0.370 e. The van der Waals surface area contributed by atoms with Crippen LogP contribution in [0.25, 0.3) is 0 Å². The number of anilines is 1. The smallest absolute Gasteiger partial charge is 0.177 e. The lowest BCUT2D eigenvalue weighted by Crippen LogP contribution is -2.27. The maximum atomic E-state index is 12.0. The van der Waals surface area contributed by atoms with Gasteiger partial charge in [-0.1, -0.05) is 22.9 Å². The van der Waals surface area contributed by atoms with Crippen molar-refractivity contribution in [3.05, 3.63) is 18.2 Å². The number of halogens is 1. The molecule has 21 heavy (non-hydrogen) atoms. The maximum absolute atomic E-state index is 12.0. The summed E-state index contributed by atoms with van der Waals surface area (Å²) in [6, 6.07) is 4.28. The van der Waals surface area contributed by atoms with Gasteiger partial charge in [-0.3, -0.25) is 0 Å². The summed E-state index contributed by atoms with van der Waals surface area (Å²) in [5, 5.41) is 0.698. The molecule has 8 heteroatoms. The summed E-state index contributed by atoms with van der Waals surface area (Å²) in [5.74, 6) is 0. The molecule has 0 N–H and O–H groups in total. The van der Waals surface area contributed by atoms with Gasteiger partial charge in [0.1, 0.15) is 0 Å². The van der Waals surface area contributed by atoms with Crippen LogP contribution in [0.15, 0.2) is 28.0 Å². The molecule has 0 aliphatic carbocycles. The second-order valence-electron chi connectivity index (χ2n) is 4.85. The highest BCUT2D eigenvalue weighted by Crippen LogP contribution is 2.28. The summed E-state index contributed by atoms with van der Waals surface area (Å²) >= 11 is 3.35. The zero-order valence-electron chi connectivity index (χ0n) is 12.3. The van der Waals surface area contributed by atoms with E-state index in [9.17, 15) is 16.8 Å². The molecule has 5 nitrogen and oxygen atoms in total. The lowest BCUT2D eigenvalue weighted by Gasteiger charge is -2.25. The van der Waals surface area contributed by atoms with Crippen LogP contribution in [0.4, 0.5) is 5.69 Å². The summed E-state index contributed by atoms with van der Waals surface area (Å²) in [4.78, 5) is 2.01. The molecule has 0 saturated carbocycles. The molecule has 0 aliphatic heterocycles. The molecule has 0 aliphatic rings. The molecular weight excluding hydrogens is 378 g/mol. The Morgan fingerprint density at radius 3 is 2.10 bits per heavy atom. The molecule has 0 bridgehead atoms. The summed E-state index contributed by atoms with van der Waals surface area (Å²) in [5.41, 5.74) is 0.547. The predicted octanol–water partition coefficient (Wildman–Crippen LogP) is 2.10. The van der Waals surface area contributed by atoms with Crippen LogP contribution in [0.3, 0.4) is 0 Å². The van der Waals surface area contributed by atoms with E-state index in [4.69, 9.17) is 0 Å². The van der Waals surface area contributed by atoms with Gasteiger partial charge in [-0.05, 0) is 24.6 Å². The zero-order valence-corrected chi connectivity index (χ0v) is 15.6. The first kappa shape index (κ1) is 18.4. The van der Waals surface area contributed by atoms with Crippen molar-refractivity contribution in [3.63, 3.8) is 0 Å². The van der Waals surface area contributed by atoms with E-state index in [-0.39, 0.29) is 9.79 Å². The van der Waals surface area contributed by atoms with Gasteiger partial charge in [0.05, 0.1) is 15.5 Å². The third-order valence-corrected chi connectivity index (χ3v) is 5.54. The van der Waals surface area contributed by atoms with Crippen molar-refractivity contribution >= 4 is 41.3 Å². The van der Waals surface area contributed by atoms with Crippen molar-refractivity contribution in [2.45, 2.75) is 23.1 Å². The summed E-state index contributed by atoms with van der Waals surface area (Å²) in [6.45, 7) is 3.35. The number of nitrogens with zero attached hydrogens (tertiary/aromatic N) is 1. The van der Waals surface area contributed by atoms with Gasteiger partial charge in [-0.15, -0.1) is 0 Å². The number of hydrogen-bond acceptors (Lipinski definition) is 5. The van der Waals surface area contributed by atoms with Gasteiger partial charge < -0.3 is 4.90 Å². The Bertz CT molecular complexity index is 693. The highest BCUT2D eigenvalue weighted by Gasteiger charge is 2.21. The van der Waals surface area contributed by atoms with Crippen molar-refractivity contribution in [2.75, 3.05) is 35.8 Å². The molecule has 120 valence electrons.